The van der Waals surface area contributed by atoms with Crippen LogP contribution >= 0.6 is 0 Å². The number of fused-ring (bicyclic) bond motifs is 1. The number of aromatic amines is 1. The van der Waals surface area contributed by atoms with Crippen LogP contribution in [0.15, 0.2) is 29.3 Å². The normalized spacial score (nSPS) is 10.9. The molecular formula is C9H7N5O. The van der Waals surface area contributed by atoms with E-state index in [1.54, 1.807) is 12.4 Å². The third-order valence-electron chi connectivity index (χ3n) is 2.22. The summed E-state index contributed by atoms with van der Waals surface area (Å²) in [5, 5.41) is 8.24. The van der Waals surface area contributed by atoms with Crippen LogP contribution in [0.4, 0.5) is 5.69 Å². The molecule has 3 aromatic rings. The lowest BCUT2D eigenvalue weighted by Gasteiger charge is -2.00. The van der Waals surface area contributed by atoms with E-state index >= 15 is 0 Å². The number of rotatable bonds is 1. The van der Waals surface area contributed by atoms with Gasteiger partial charge in [-0.15, -0.1) is 10.2 Å². The maximum absolute atomic E-state index is 5.97. The summed E-state index contributed by atoms with van der Waals surface area (Å²) in [7, 11) is 0. The fraction of sp³-hybridized carbons (Fsp3) is 0. The van der Waals surface area contributed by atoms with E-state index < -0.39 is 0 Å². The molecule has 0 atom stereocenters. The van der Waals surface area contributed by atoms with Gasteiger partial charge in [0.15, 0.2) is 0 Å². The maximum atomic E-state index is 5.97. The highest BCUT2D eigenvalue weighted by Gasteiger charge is 2.11. The van der Waals surface area contributed by atoms with Gasteiger partial charge in [-0.25, -0.2) is 4.98 Å². The van der Waals surface area contributed by atoms with Gasteiger partial charge < -0.3 is 15.1 Å². The van der Waals surface area contributed by atoms with Gasteiger partial charge >= 0.3 is 0 Å². The molecule has 0 unspecified atom stereocenters. The molecule has 3 rings (SSSR count). The first-order valence-electron chi connectivity index (χ1n) is 4.34. The van der Waals surface area contributed by atoms with E-state index in [9.17, 15) is 0 Å². The third kappa shape index (κ3) is 1.08. The van der Waals surface area contributed by atoms with Gasteiger partial charge in [0, 0.05) is 17.8 Å². The summed E-state index contributed by atoms with van der Waals surface area (Å²) < 4.78 is 5.07. The molecule has 6 heteroatoms. The lowest BCUT2D eigenvalue weighted by Crippen LogP contribution is -1.93. The van der Waals surface area contributed by atoms with Gasteiger partial charge in [-0.05, 0) is 6.07 Å². The van der Waals surface area contributed by atoms with Crippen molar-refractivity contribution in [2.75, 3.05) is 5.73 Å². The number of pyridine rings is 1. The molecule has 6 nitrogen and oxygen atoms in total. The van der Waals surface area contributed by atoms with Crippen LogP contribution in [0.3, 0.4) is 0 Å². The molecule has 0 saturated carbocycles. The van der Waals surface area contributed by atoms with Crippen molar-refractivity contribution in [3.05, 3.63) is 24.9 Å². The quantitative estimate of drug-likeness (QED) is 0.616. The molecular weight excluding hydrogens is 194 g/mol. The van der Waals surface area contributed by atoms with E-state index in [1.165, 1.54) is 6.39 Å². The Morgan fingerprint density at radius 1 is 1.40 bits per heavy atom. The molecule has 0 aromatic carbocycles. The SMILES string of the molecule is Nc1c(-c2nnco2)cnc2[nH]ccc12. The second-order valence-corrected chi connectivity index (χ2v) is 3.07. The van der Waals surface area contributed by atoms with E-state index in [2.05, 4.69) is 20.2 Å². The summed E-state index contributed by atoms with van der Waals surface area (Å²) in [6.45, 7) is 0. The Bertz CT molecular complexity index is 598. The molecule has 0 radical (unpaired) electrons. The molecule has 3 aromatic heterocycles. The lowest BCUT2D eigenvalue weighted by atomic mass is 10.2. The number of anilines is 1. The predicted molar refractivity (Wildman–Crippen MR) is 53.8 cm³/mol. The minimum absolute atomic E-state index is 0.378. The largest absolute Gasteiger partial charge is 0.423 e. The Kier molecular flexibility index (Phi) is 1.49. The Morgan fingerprint density at radius 3 is 3.13 bits per heavy atom. The van der Waals surface area contributed by atoms with Gasteiger partial charge in [0.2, 0.25) is 6.39 Å². The monoisotopic (exact) mass is 201 g/mol. The molecule has 0 saturated heterocycles. The minimum Gasteiger partial charge on any atom is -0.423 e. The fourth-order valence-electron chi connectivity index (χ4n) is 1.49. The molecule has 0 amide bonds. The Morgan fingerprint density at radius 2 is 2.33 bits per heavy atom. The molecule has 0 spiro atoms. The molecule has 0 aliphatic heterocycles. The first kappa shape index (κ1) is 7.98. The van der Waals surface area contributed by atoms with Crippen molar-refractivity contribution in [3.63, 3.8) is 0 Å². The maximum Gasteiger partial charge on any atom is 0.251 e. The summed E-state index contributed by atoms with van der Waals surface area (Å²) in [6, 6.07) is 1.86. The van der Waals surface area contributed by atoms with E-state index in [1.807, 2.05) is 6.07 Å². The standard InChI is InChI=1S/C9H7N5O/c10-7-5-1-2-11-8(5)12-3-6(7)9-14-13-4-15-9/h1-4H,(H3,10,11,12). The number of nitrogen functional groups attached to an aromatic ring is 1. The van der Waals surface area contributed by atoms with Gasteiger partial charge in [0.05, 0.1) is 11.3 Å². The molecule has 0 aliphatic carbocycles. The zero-order valence-electron chi connectivity index (χ0n) is 7.64. The van der Waals surface area contributed by atoms with Crippen molar-refractivity contribution in [1.82, 2.24) is 20.2 Å². The Labute approximate surface area is 84.1 Å². The van der Waals surface area contributed by atoms with Gasteiger partial charge in [-0.2, -0.15) is 0 Å². The Balaban J connectivity index is 2.32. The molecule has 0 aliphatic rings. The smallest absolute Gasteiger partial charge is 0.251 e. The van der Waals surface area contributed by atoms with Gasteiger partial charge in [-0.1, -0.05) is 0 Å². The summed E-state index contributed by atoms with van der Waals surface area (Å²) in [5.41, 5.74) is 7.95. The summed E-state index contributed by atoms with van der Waals surface area (Å²) in [5.74, 6) is 0.378. The van der Waals surface area contributed by atoms with Crippen LogP contribution in [-0.4, -0.2) is 20.2 Å². The summed E-state index contributed by atoms with van der Waals surface area (Å²) >= 11 is 0. The van der Waals surface area contributed by atoms with E-state index in [0.29, 0.717) is 17.1 Å². The average molecular weight is 201 g/mol. The van der Waals surface area contributed by atoms with Crippen LogP contribution in [0.2, 0.25) is 0 Å². The third-order valence-corrected chi connectivity index (χ3v) is 2.22. The molecule has 0 bridgehead atoms. The fourth-order valence-corrected chi connectivity index (χ4v) is 1.49. The predicted octanol–water partition coefficient (Wildman–Crippen LogP) is 1.20. The molecule has 15 heavy (non-hydrogen) atoms. The molecule has 74 valence electrons. The summed E-state index contributed by atoms with van der Waals surface area (Å²) in [6.07, 6.45) is 4.66. The van der Waals surface area contributed by atoms with Crippen LogP contribution in [0.5, 0.6) is 0 Å². The van der Waals surface area contributed by atoms with Crippen LogP contribution in [0, 0.1) is 0 Å². The number of H-pyrrole nitrogens is 1. The van der Waals surface area contributed by atoms with Crippen LogP contribution in [-0.2, 0) is 0 Å². The van der Waals surface area contributed by atoms with Crippen molar-refractivity contribution >= 4 is 16.7 Å². The first-order valence-corrected chi connectivity index (χ1v) is 4.34. The second-order valence-electron chi connectivity index (χ2n) is 3.07. The zero-order valence-corrected chi connectivity index (χ0v) is 7.64. The van der Waals surface area contributed by atoms with Crippen LogP contribution in [0.1, 0.15) is 0 Å². The highest BCUT2D eigenvalue weighted by molar-refractivity contribution is 5.95. The van der Waals surface area contributed by atoms with E-state index in [0.717, 1.165) is 11.0 Å². The van der Waals surface area contributed by atoms with Crippen molar-refractivity contribution in [3.8, 4) is 11.5 Å². The van der Waals surface area contributed by atoms with Gasteiger partial charge in [-0.3, -0.25) is 0 Å². The van der Waals surface area contributed by atoms with E-state index in [4.69, 9.17) is 10.2 Å². The summed E-state index contributed by atoms with van der Waals surface area (Å²) in [4.78, 5) is 7.17. The second kappa shape index (κ2) is 2.81. The van der Waals surface area contributed by atoms with Crippen LogP contribution in [0.25, 0.3) is 22.5 Å². The van der Waals surface area contributed by atoms with Gasteiger partial charge in [0.1, 0.15) is 5.65 Å². The number of nitrogens with zero attached hydrogens (tertiary/aromatic N) is 3. The Hall–Kier alpha value is -2.37. The average Bonchev–Trinajstić information content (AvgIpc) is 2.87. The van der Waals surface area contributed by atoms with Gasteiger partial charge in [0.25, 0.3) is 5.89 Å². The topological polar surface area (TPSA) is 93.6 Å². The minimum atomic E-state index is 0.378. The molecule has 3 heterocycles. The molecule has 3 N–H and O–H groups in total. The number of nitrogens with one attached hydrogen (secondary N) is 1. The first-order chi connectivity index (χ1) is 7.36. The highest BCUT2D eigenvalue weighted by atomic mass is 16.4. The lowest BCUT2D eigenvalue weighted by molar-refractivity contribution is 0.569. The van der Waals surface area contributed by atoms with Crippen molar-refractivity contribution < 1.29 is 4.42 Å². The van der Waals surface area contributed by atoms with Crippen molar-refractivity contribution in [1.29, 1.82) is 0 Å². The van der Waals surface area contributed by atoms with Crippen molar-refractivity contribution in [2.45, 2.75) is 0 Å². The highest BCUT2D eigenvalue weighted by Crippen LogP contribution is 2.28. The zero-order chi connectivity index (χ0) is 10.3. The number of aromatic nitrogens is 4. The molecule has 0 fully saturated rings. The van der Waals surface area contributed by atoms with Crippen LogP contribution < -0.4 is 5.73 Å². The number of hydrogen-bond donors (Lipinski definition) is 2. The number of hydrogen-bond acceptors (Lipinski definition) is 5. The van der Waals surface area contributed by atoms with E-state index in [-0.39, 0.29) is 0 Å². The number of nitrogens with two attached hydrogens (primary N) is 1. The van der Waals surface area contributed by atoms with Crippen molar-refractivity contribution in [2.24, 2.45) is 0 Å².